The highest BCUT2D eigenvalue weighted by atomic mass is 32.1. The predicted molar refractivity (Wildman–Crippen MR) is 80.3 cm³/mol. The molecule has 1 aliphatic rings. The highest BCUT2D eigenvalue weighted by Crippen LogP contribution is 2.31. The van der Waals surface area contributed by atoms with Crippen LogP contribution in [-0.2, 0) is 6.42 Å². The van der Waals surface area contributed by atoms with Crippen LogP contribution in [0.1, 0.15) is 31.1 Å². The smallest absolute Gasteiger partial charge is 0.0133 e. The highest BCUT2D eigenvalue weighted by molar-refractivity contribution is 7.09. The van der Waals surface area contributed by atoms with Crippen LogP contribution < -0.4 is 5.32 Å². The van der Waals surface area contributed by atoms with E-state index < -0.39 is 0 Å². The van der Waals surface area contributed by atoms with Gasteiger partial charge < -0.3 is 10.2 Å². The van der Waals surface area contributed by atoms with Crippen molar-refractivity contribution in [2.24, 2.45) is 5.92 Å². The second kappa shape index (κ2) is 7.27. The minimum atomic E-state index is 0.814. The summed E-state index contributed by atoms with van der Waals surface area (Å²) in [4.78, 5) is 4.09. The zero-order valence-electron chi connectivity index (χ0n) is 11.7. The first-order valence-corrected chi connectivity index (χ1v) is 8.12. The molecule has 0 aromatic carbocycles. The highest BCUT2D eigenvalue weighted by Gasteiger charge is 2.32. The molecular weight excluding hydrogens is 240 g/mol. The maximum Gasteiger partial charge on any atom is 0.0133 e. The van der Waals surface area contributed by atoms with E-state index in [9.17, 15) is 0 Å². The SMILES string of the molecule is CCCNCC1CCC1N(C)CCc1cccs1. The van der Waals surface area contributed by atoms with Gasteiger partial charge in [-0.05, 0) is 63.2 Å². The van der Waals surface area contributed by atoms with E-state index in [0.717, 1.165) is 12.0 Å². The zero-order valence-corrected chi connectivity index (χ0v) is 12.5. The molecule has 2 atom stereocenters. The van der Waals surface area contributed by atoms with Crippen molar-refractivity contribution in [1.29, 1.82) is 0 Å². The second-order valence-corrected chi connectivity index (χ2v) is 6.45. The molecule has 18 heavy (non-hydrogen) atoms. The van der Waals surface area contributed by atoms with Crippen molar-refractivity contribution >= 4 is 11.3 Å². The Morgan fingerprint density at radius 1 is 1.44 bits per heavy atom. The van der Waals surface area contributed by atoms with Crippen LogP contribution in [0, 0.1) is 5.92 Å². The lowest BCUT2D eigenvalue weighted by atomic mass is 9.78. The van der Waals surface area contributed by atoms with Crippen LogP contribution in [0.15, 0.2) is 17.5 Å². The van der Waals surface area contributed by atoms with Crippen molar-refractivity contribution in [3.8, 4) is 0 Å². The number of rotatable bonds is 8. The molecule has 2 unspecified atom stereocenters. The van der Waals surface area contributed by atoms with E-state index in [1.54, 1.807) is 0 Å². The quantitative estimate of drug-likeness (QED) is 0.728. The molecule has 0 saturated heterocycles. The minimum Gasteiger partial charge on any atom is -0.316 e. The Morgan fingerprint density at radius 2 is 2.33 bits per heavy atom. The van der Waals surface area contributed by atoms with Crippen LogP contribution in [0.2, 0.25) is 0 Å². The molecule has 0 radical (unpaired) electrons. The van der Waals surface area contributed by atoms with Gasteiger partial charge in [0.25, 0.3) is 0 Å². The second-order valence-electron chi connectivity index (χ2n) is 5.42. The van der Waals surface area contributed by atoms with E-state index in [2.05, 4.69) is 41.7 Å². The van der Waals surface area contributed by atoms with Crippen LogP contribution in [0.4, 0.5) is 0 Å². The normalized spacial score (nSPS) is 23.3. The van der Waals surface area contributed by atoms with E-state index in [1.807, 2.05) is 11.3 Å². The molecule has 0 amide bonds. The van der Waals surface area contributed by atoms with E-state index in [1.165, 1.54) is 50.2 Å². The third-order valence-corrected chi connectivity index (χ3v) is 5.00. The number of hydrogen-bond donors (Lipinski definition) is 1. The summed E-state index contributed by atoms with van der Waals surface area (Å²) in [6, 6.07) is 5.22. The third kappa shape index (κ3) is 3.81. The summed E-state index contributed by atoms with van der Waals surface area (Å²) < 4.78 is 0. The number of nitrogens with one attached hydrogen (secondary N) is 1. The van der Waals surface area contributed by atoms with E-state index in [4.69, 9.17) is 0 Å². The van der Waals surface area contributed by atoms with Gasteiger partial charge in [-0.15, -0.1) is 11.3 Å². The van der Waals surface area contributed by atoms with Crippen molar-refractivity contribution in [1.82, 2.24) is 10.2 Å². The lowest BCUT2D eigenvalue weighted by Gasteiger charge is -2.43. The van der Waals surface area contributed by atoms with Crippen molar-refractivity contribution in [2.45, 2.75) is 38.6 Å². The van der Waals surface area contributed by atoms with E-state index >= 15 is 0 Å². The fraction of sp³-hybridized carbons (Fsp3) is 0.733. The number of nitrogens with zero attached hydrogens (tertiary/aromatic N) is 1. The molecule has 1 fully saturated rings. The Bertz CT molecular complexity index is 323. The fourth-order valence-corrected chi connectivity index (χ4v) is 3.44. The number of thiophene rings is 1. The van der Waals surface area contributed by atoms with Gasteiger partial charge in [-0.3, -0.25) is 0 Å². The first-order valence-electron chi connectivity index (χ1n) is 7.24. The first kappa shape index (κ1) is 14.0. The van der Waals surface area contributed by atoms with Crippen molar-refractivity contribution in [3.05, 3.63) is 22.4 Å². The fourth-order valence-electron chi connectivity index (χ4n) is 2.74. The molecule has 1 saturated carbocycles. The van der Waals surface area contributed by atoms with Gasteiger partial charge in [0.2, 0.25) is 0 Å². The van der Waals surface area contributed by atoms with Crippen LogP contribution in [0.3, 0.4) is 0 Å². The molecule has 2 rings (SSSR count). The maximum atomic E-state index is 3.57. The van der Waals surface area contributed by atoms with Gasteiger partial charge in [-0.2, -0.15) is 0 Å². The Kier molecular flexibility index (Phi) is 5.67. The zero-order chi connectivity index (χ0) is 12.8. The standard InChI is InChI=1S/C15H26N2S/c1-3-9-16-12-13-6-7-15(13)17(2)10-8-14-5-4-11-18-14/h4-5,11,13,15-16H,3,6-10,12H2,1-2H3. The number of hydrogen-bond acceptors (Lipinski definition) is 3. The van der Waals surface area contributed by atoms with E-state index in [0.29, 0.717) is 0 Å². The molecule has 3 heteroatoms. The molecule has 0 aliphatic heterocycles. The molecule has 1 aliphatic carbocycles. The molecule has 1 heterocycles. The van der Waals surface area contributed by atoms with Crippen molar-refractivity contribution in [3.63, 3.8) is 0 Å². The summed E-state index contributed by atoms with van der Waals surface area (Å²) in [7, 11) is 2.30. The van der Waals surface area contributed by atoms with Crippen molar-refractivity contribution in [2.75, 3.05) is 26.7 Å². The van der Waals surface area contributed by atoms with Crippen molar-refractivity contribution < 1.29 is 0 Å². The molecule has 0 spiro atoms. The van der Waals surface area contributed by atoms with Crippen LogP contribution in [0.5, 0.6) is 0 Å². The number of likely N-dealkylation sites (N-methyl/N-ethyl adjacent to an activating group) is 1. The largest absolute Gasteiger partial charge is 0.316 e. The summed E-state index contributed by atoms with van der Waals surface area (Å²) >= 11 is 1.88. The van der Waals surface area contributed by atoms with Gasteiger partial charge in [0.1, 0.15) is 0 Å². The monoisotopic (exact) mass is 266 g/mol. The lowest BCUT2D eigenvalue weighted by molar-refractivity contribution is 0.0850. The van der Waals surface area contributed by atoms with Gasteiger partial charge in [0.05, 0.1) is 0 Å². The minimum absolute atomic E-state index is 0.814. The predicted octanol–water partition coefficient (Wildman–Crippen LogP) is 3.00. The van der Waals surface area contributed by atoms with Crippen LogP contribution in [0.25, 0.3) is 0 Å². The summed E-state index contributed by atoms with van der Waals surface area (Å²) in [5.74, 6) is 0.880. The van der Waals surface area contributed by atoms with Gasteiger partial charge in [-0.25, -0.2) is 0 Å². The first-order chi connectivity index (χ1) is 8.81. The Morgan fingerprint density at radius 3 is 2.94 bits per heavy atom. The molecular formula is C15H26N2S. The van der Waals surface area contributed by atoms with Gasteiger partial charge in [0, 0.05) is 17.5 Å². The molecule has 102 valence electrons. The van der Waals surface area contributed by atoms with Crippen LogP contribution in [-0.4, -0.2) is 37.6 Å². The van der Waals surface area contributed by atoms with E-state index in [-0.39, 0.29) is 0 Å². The molecule has 1 aromatic rings. The average Bonchev–Trinajstić information content (AvgIpc) is 2.83. The van der Waals surface area contributed by atoms with Crippen LogP contribution >= 0.6 is 11.3 Å². The topological polar surface area (TPSA) is 15.3 Å². The summed E-state index contributed by atoms with van der Waals surface area (Å²) in [6.07, 6.45) is 5.25. The summed E-state index contributed by atoms with van der Waals surface area (Å²) in [5, 5.41) is 5.74. The van der Waals surface area contributed by atoms with Gasteiger partial charge in [-0.1, -0.05) is 13.0 Å². The molecule has 1 N–H and O–H groups in total. The molecule has 2 nitrogen and oxygen atoms in total. The Hall–Kier alpha value is -0.380. The molecule has 1 aromatic heterocycles. The Labute approximate surface area is 115 Å². The van der Waals surface area contributed by atoms with Gasteiger partial charge in [0.15, 0.2) is 0 Å². The third-order valence-electron chi connectivity index (χ3n) is 4.07. The lowest BCUT2D eigenvalue weighted by Crippen LogP contribution is -2.49. The Balaban J connectivity index is 1.67. The summed E-state index contributed by atoms with van der Waals surface area (Å²) in [6.45, 7) is 5.82. The summed E-state index contributed by atoms with van der Waals surface area (Å²) in [5.41, 5.74) is 0. The maximum absolute atomic E-state index is 3.57. The molecule has 0 bridgehead atoms. The average molecular weight is 266 g/mol. The van der Waals surface area contributed by atoms with Gasteiger partial charge >= 0.3 is 0 Å².